The van der Waals surface area contributed by atoms with Crippen LogP contribution in [0.25, 0.3) is 0 Å². The molecule has 0 saturated carbocycles. The van der Waals surface area contributed by atoms with E-state index in [1.165, 1.54) is 5.41 Å². The highest BCUT2D eigenvalue weighted by molar-refractivity contribution is 7.94. The summed E-state index contributed by atoms with van der Waals surface area (Å²) in [4.78, 5) is 23.8. The minimum atomic E-state index is -3.14. The molecule has 9 heteroatoms. The van der Waals surface area contributed by atoms with Crippen LogP contribution in [0.3, 0.4) is 0 Å². The Morgan fingerprint density at radius 1 is 1.42 bits per heavy atom. The molecule has 1 saturated heterocycles. The van der Waals surface area contributed by atoms with Crippen molar-refractivity contribution in [3.05, 3.63) is 33.9 Å². The SMILES string of the molecule is O=C(CNC1C=CS(=O)(=O)C1)N[C@@H]1CCC(=O)N[C@H]1c1ccsc1. The Labute approximate surface area is 144 Å². The van der Waals surface area contributed by atoms with Crippen molar-refractivity contribution >= 4 is 33.0 Å². The zero-order chi connectivity index (χ0) is 17.2. The second kappa shape index (κ2) is 7.04. The van der Waals surface area contributed by atoms with Crippen molar-refractivity contribution in [1.82, 2.24) is 16.0 Å². The molecule has 130 valence electrons. The van der Waals surface area contributed by atoms with Gasteiger partial charge in [-0.2, -0.15) is 11.3 Å². The second-order valence-corrected chi connectivity index (χ2v) is 8.67. The summed E-state index contributed by atoms with van der Waals surface area (Å²) in [6, 6.07) is 1.20. The number of hydrogen-bond donors (Lipinski definition) is 3. The van der Waals surface area contributed by atoms with Crippen LogP contribution in [-0.4, -0.2) is 44.6 Å². The summed E-state index contributed by atoms with van der Waals surface area (Å²) in [5, 5.41) is 13.8. The largest absolute Gasteiger partial charge is 0.350 e. The van der Waals surface area contributed by atoms with Crippen LogP contribution in [0.1, 0.15) is 24.4 Å². The number of sulfone groups is 1. The highest BCUT2D eigenvalue weighted by Crippen LogP contribution is 2.25. The standard InChI is InChI=1S/C15H19N3O4S2/c19-13-2-1-12(15(18-13)10-3-5-23-8-10)17-14(20)7-16-11-4-6-24(21,22)9-11/h3-6,8,11-12,15-16H,1-2,7,9H2,(H,17,20)(H,18,19)/t11?,12-,15+/m1/s1. The Kier molecular flexibility index (Phi) is 5.02. The number of hydrogen-bond acceptors (Lipinski definition) is 6. The van der Waals surface area contributed by atoms with Crippen molar-refractivity contribution in [2.75, 3.05) is 12.3 Å². The number of amides is 2. The summed E-state index contributed by atoms with van der Waals surface area (Å²) in [6.45, 7) is 0.0331. The van der Waals surface area contributed by atoms with Gasteiger partial charge in [0, 0.05) is 17.9 Å². The lowest BCUT2D eigenvalue weighted by molar-refractivity contribution is -0.126. The quantitative estimate of drug-likeness (QED) is 0.682. The van der Waals surface area contributed by atoms with E-state index in [1.54, 1.807) is 17.4 Å². The molecular formula is C15H19N3O4S2. The maximum absolute atomic E-state index is 12.2. The van der Waals surface area contributed by atoms with Gasteiger partial charge in [-0.05, 0) is 28.8 Å². The summed E-state index contributed by atoms with van der Waals surface area (Å²) in [5.74, 6) is -0.248. The van der Waals surface area contributed by atoms with Gasteiger partial charge in [0.25, 0.3) is 0 Å². The molecule has 3 heterocycles. The monoisotopic (exact) mass is 369 g/mol. The summed E-state index contributed by atoms with van der Waals surface area (Å²) < 4.78 is 22.7. The van der Waals surface area contributed by atoms with Crippen molar-refractivity contribution in [2.24, 2.45) is 0 Å². The van der Waals surface area contributed by atoms with E-state index in [4.69, 9.17) is 0 Å². The molecule has 3 N–H and O–H groups in total. The number of rotatable bonds is 5. The normalized spacial score (nSPS) is 28.5. The molecule has 3 rings (SSSR count). The van der Waals surface area contributed by atoms with Crippen LogP contribution in [0, 0.1) is 0 Å². The third kappa shape index (κ3) is 4.22. The van der Waals surface area contributed by atoms with Gasteiger partial charge in [-0.1, -0.05) is 6.08 Å². The summed E-state index contributed by atoms with van der Waals surface area (Å²) in [5.41, 5.74) is 0.983. The fourth-order valence-corrected chi connectivity index (χ4v) is 4.87. The van der Waals surface area contributed by atoms with E-state index < -0.39 is 9.84 Å². The topological polar surface area (TPSA) is 104 Å². The molecular weight excluding hydrogens is 350 g/mol. The lowest BCUT2D eigenvalue weighted by Gasteiger charge is -2.32. The molecule has 1 unspecified atom stereocenters. The Bertz CT molecular complexity index is 743. The molecule has 2 aliphatic heterocycles. The number of piperidine rings is 1. The van der Waals surface area contributed by atoms with Gasteiger partial charge in [-0.3, -0.25) is 9.59 Å². The lowest BCUT2D eigenvalue weighted by Crippen LogP contribution is -2.52. The van der Waals surface area contributed by atoms with Gasteiger partial charge < -0.3 is 16.0 Å². The molecule has 0 bridgehead atoms. The Balaban J connectivity index is 1.54. The number of thiophene rings is 1. The van der Waals surface area contributed by atoms with Gasteiger partial charge in [-0.25, -0.2) is 8.42 Å². The van der Waals surface area contributed by atoms with E-state index in [0.29, 0.717) is 12.8 Å². The van der Waals surface area contributed by atoms with Crippen LogP contribution in [0.4, 0.5) is 0 Å². The summed E-state index contributed by atoms with van der Waals surface area (Å²) in [7, 11) is -3.14. The third-order valence-electron chi connectivity index (χ3n) is 4.10. The first-order valence-electron chi connectivity index (χ1n) is 7.68. The molecule has 1 fully saturated rings. The summed E-state index contributed by atoms with van der Waals surface area (Å²) >= 11 is 1.54. The third-order valence-corrected chi connectivity index (χ3v) is 6.20. The highest BCUT2D eigenvalue weighted by Gasteiger charge is 2.31. The molecule has 1 aromatic heterocycles. The lowest BCUT2D eigenvalue weighted by atomic mass is 9.93. The molecule has 0 spiro atoms. The van der Waals surface area contributed by atoms with Gasteiger partial charge in [-0.15, -0.1) is 0 Å². The average molecular weight is 369 g/mol. The molecule has 2 amide bonds. The Hall–Kier alpha value is -1.71. The Morgan fingerprint density at radius 3 is 2.92 bits per heavy atom. The maximum Gasteiger partial charge on any atom is 0.234 e. The molecule has 0 aromatic carbocycles. The van der Waals surface area contributed by atoms with Crippen LogP contribution in [0.15, 0.2) is 28.3 Å². The zero-order valence-electron chi connectivity index (χ0n) is 12.9. The van der Waals surface area contributed by atoms with E-state index in [-0.39, 0.29) is 42.2 Å². The first kappa shape index (κ1) is 17.1. The van der Waals surface area contributed by atoms with Gasteiger partial charge in [0.05, 0.1) is 24.4 Å². The van der Waals surface area contributed by atoms with E-state index >= 15 is 0 Å². The van der Waals surface area contributed by atoms with Gasteiger partial charge >= 0.3 is 0 Å². The molecule has 24 heavy (non-hydrogen) atoms. The van der Waals surface area contributed by atoms with Crippen molar-refractivity contribution < 1.29 is 18.0 Å². The minimum absolute atomic E-state index is 0.0166. The summed E-state index contributed by atoms with van der Waals surface area (Å²) in [6.07, 6.45) is 2.51. The second-order valence-electron chi connectivity index (χ2n) is 5.96. The van der Waals surface area contributed by atoms with Crippen molar-refractivity contribution in [3.63, 3.8) is 0 Å². The van der Waals surface area contributed by atoms with Crippen LogP contribution in [0.2, 0.25) is 0 Å². The first-order chi connectivity index (χ1) is 11.4. The van der Waals surface area contributed by atoms with E-state index in [1.807, 2.05) is 16.8 Å². The van der Waals surface area contributed by atoms with E-state index in [2.05, 4.69) is 16.0 Å². The minimum Gasteiger partial charge on any atom is -0.350 e. The van der Waals surface area contributed by atoms with Gasteiger partial charge in [0.15, 0.2) is 9.84 Å². The zero-order valence-corrected chi connectivity index (χ0v) is 14.5. The number of carbonyl (C=O) groups is 2. The molecule has 7 nitrogen and oxygen atoms in total. The fourth-order valence-electron chi connectivity index (χ4n) is 2.91. The van der Waals surface area contributed by atoms with Gasteiger partial charge in [0.2, 0.25) is 11.8 Å². The van der Waals surface area contributed by atoms with E-state index in [9.17, 15) is 18.0 Å². The molecule has 3 atom stereocenters. The van der Waals surface area contributed by atoms with Crippen molar-refractivity contribution in [3.8, 4) is 0 Å². The first-order valence-corrected chi connectivity index (χ1v) is 10.3. The van der Waals surface area contributed by atoms with Crippen molar-refractivity contribution in [2.45, 2.75) is 31.0 Å². The predicted molar refractivity (Wildman–Crippen MR) is 91.1 cm³/mol. The fraction of sp³-hybridized carbons (Fsp3) is 0.467. The van der Waals surface area contributed by atoms with Crippen LogP contribution >= 0.6 is 11.3 Å². The average Bonchev–Trinajstić information content (AvgIpc) is 3.16. The molecule has 0 radical (unpaired) electrons. The van der Waals surface area contributed by atoms with Crippen LogP contribution < -0.4 is 16.0 Å². The molecule has 1 aromatic rings. The molecule has 0 aliphatic carbocycles. The number of carbonyl (C=O) groups excluding carboxylic acids is 2. The Morgan fingerprint density at radius 2 is 2.25 bits per heavy atom. The molecule has 2 aliphatic rings. The van der Waals surface area contributed by atoms with Crippen molar-refractivity contribution in [1.29, 1.82) is 0 Å². The van der Waals surface area contributed by atoms with Gasteiger partial charge in [0.1, 0.15) is 0 Å². The highest BCUT2D eigenvalue weighted by atomic mass is 32.2. The van der Waals surface area contributed by atoms with Crippen LogP contribution in [0.5, 0.6) is 0 Å². The smallest absolute Gasteiger partial charge is 0.234 e. The maximum atomic E-state index is 12.2. The number of nitrogens with one attached hydrogen (secondary N) is 3. The van der Waals surface area contributed by atoms with Crippen LogP contribution in [-0.2, 0) is 19.4 Å². The van der Waals surface area contributed by atoms with E-state index in [0.717, 1.165) is 5.56 Å². The predicted octanol–water partition coefficient (Wildman–Crippen LogP) is 0.0843.